The van der Waals surface area contributed by atoms with E-state index in [4.69, 9.17) is 4.74 Å². The van der Waals surface area contributed by atoms with Crippen LogP contribution in [0.15, 0.2) is 48.5 Å². The molecule has 182 valence electrons. The zero-order valence-corrected chi connectivity index (χ0v) is 20.0. The summed E-state index contributed by atoms with van der Waals surface area (Å²) in [6.45, 7) is 6.55. The number of rotatable bonds is 7. The summed E-state index contributed by atoms with van der Waals surface area (Å²) in [6.07, 6.45) is 1.83. The Morgan fingerprint density at radius 2 is 1.83 bits per heavy atom. The van der Waals surface area contributed by atoms with E-state index in [0.29, 0.717) is 30.1 Å². The van der Waals surface area contributed by atoms with Crippen LogP contribution in [-0.4, -0.2) is 16.3 Å². The molecule has 4 aromatic rings. The second-order valence-electron chi connectivity index (χ2n) is 9.38. The van der Waals surface area contributed by atoms with Gasteiger partial charge in [-0.2, -0.15) is 5.10 Å². The van der Waals surface area contributed by atoms with E-state index in [0.717, 1.165) is 29.7 Å². The van der Waals surface area contributed by atoms with E-state index in [1.807, 2.05) is 18.2 Å². The first-order chi connectivity index (χ1) is 16.8. The number of hydrogen-bond acceptors (Lipinski definition) is 3. The molecule has 0 aliphatic heterocycles. The number of pyridine rings is 1. The molecule has 0 saturated carbocycles. The molecule has 5 rings (SSSR count). The number of halogens is 3. The Morgan fingerprint density at radius 3 is 2.57 bits per heavy atom. The molecular weight excluding hydrogens is 451 g/mol. The molecule has 0 saturated heterocycles. The summed E-state index contributed by atoms with van der Waals surface area (Å²) >= 11 is 0. The van der Waals surface area contributed by atoms with Crippen molar-refractivity contribution in [1.82, 2.24) is 14.9 Å². The maximum absolute atomic E-state index is 14.6. The molecule has 35 heavy (non-hydrogen) atoms. The van der Waals surface area contributed by atoms with Crippen molar-refractivity contribution in [2.45, 2.75) is 52.2 Å². The minimum absolute atomic E-state index is 0.0591. The molecule has 0 fully saturated rings. The SMILES string of the molecule is Cc1nn2c(C(C)C)c(COCNC3CCc4ccc(F)cc43)ccc2c1-c1c(F)cccc1F. The second-order valence-corrected chi connectivity index (χ2v) is 9.38. The van der Waals surface area contributed by atoms with Gasteiger partial charge in [-0.15, -0.1) is 0 Å². The smallest absolute Gasteiger partial charge is 0.134 e. The van der Waals surface area contributed by atoms with Crippen LogP contribution in [0.3, 0.4) is 0 Å². The van der Waals surface area contributed by atoms with Crippen molar-refractivity contribution in [1.29, 1.82) is 0 Å². The molecule has 2 aromatic heterocycles. The summed E-state index contributed by atoms with van der Waals surface area (Å²) in [5, 5.41) is 8.03. The third-order valence-corrected chi connectivity index (χ3v) is 6.73. The summed E-state index contributed by atoms with van der Waals surface area (Å²) in [5.41, 5.74) is 5.67. The van der Waals surface area contributed by atoms with Crippen molar-refractivity contribution < 1.29 is 17.9 Å². The molecule has 1 aliphatic rings. The summed E-state index contributed by atoms with van der Waals surface area (Å²) in [4.78, 5) is 0. The van der Waals surface area contributed by atoms with Gasteiger partial charge in [0, 0.05) is 11.6 Å². The highest BCUT2D eigenvalue weighted by Gasteiger charge is 2.24. The van der Waals surface area contributed by atoms with Gasteiger partial charge in [0.25, 0.3) is 0 Å². The van der Waals surface area contributed by atoms with Crippen molar-refractivity contribution in [3.63, 3.8) is 0 Å². The zero-order chi connectivity index (χ0) is 24.7. The van der Waals surface area contributed by atoms with Crippen LogP contribution in [0.1, 0.15) is 60.3 Å². The molecule has 2 aromatic carbocycles. The van der Waals surface area contributed by atoms with Crippen molar-refractivity contribution in [2.75, 3.05) is 6.73 Å². The molecule has 1 N–H and O–H groups in total. The predicted molar refractivity (Wildman–Crippen MR) is 130 cm³/mol. The summed E-state index contributed by atoms with van der Waals surface area (Å²) in [5.74, 6) is -1.34. The van der Waals surface area contributed by atoms with E-state index in [2.05, 4.69) is 24.3 Å². The number of aromatic nitrogens is 2. The first-order valence-corrected chi connectivity index (χ1v) is 11.9. The molecule has 0 amide bonds. The molecule has 4 nitrogen and oxygen atoms in total. The monoisotopic (exact) mass is 479 g/mol. The van der Waals surface area contributed by atoms with E-state index in [1.54, 1.807) is 17.5 Å². The fourth-order valence-corrected chi connectivity index (χ4v) is 5.17. The highest BCUT2D eigenvalue weighted by atomic mass is 19.1. The van der Waals surface area contributed by atoms with Crippen LogP contribution in [0.4, 0.5) is 13.2 Å². The lowest BCUT2D eigenvalue weighted by atomic mass is 10.0. The van der Waals surface area contributed by atoms with Gasteiger partial charge in [-0.25, -0.2) is 17.7 Å². The molecule has 1 unspecified atom stereocenters. The standard InChI is InChI=1S/C28H28F3N3O/c1-16(2)28-19(14-35-15-32-24-11-8-18-7-10-20(29)13-21(18)24)9-12-25-26(17(3)33-34(25)28)27-22(30)5-4-6-23(27)31/h4-7,9-10,12-13,16,24,32H,8,11,14-15H2,1-3H3. The second kappa shape index (κ2) is 9.47. The molecular formula is C28H28F3N3O. The van der Waals surface area contributed by atoms with E-state index in [1.165, 1.54) is 29.8 Å². The van der Waals surface area contributed by atoms with Crippen LogP contribution in [0.2, 0.25) is 0 Å². The minimum atomic E-state index is -0.610. The Morgan fingerprint density at radius 1 is 1.06 bits per heavy atom. The van der Waals surface area contributed by atoms with Crippen LogP contribution >= 0.6 is 0 Å². The highest BCUT2D eigenvalue weighted by molar-refractivity contribution is 5.83. The number of benzene rings is 2. The molecule has 1 atom stereocenters. The Labute approximate surface area is 202 Å². The summed E-state index contributed by atoms with van der Waals surface area (Å²) < 4.78 is 50.6. The predicted octanol–water partition coefficient (Wildman–Crippen LogP) is 6.60. The van der Waals surface area contributed by atoms with Crippen molar-refractivity contribution in [3.05, 3.63) is 94.1 Å². The lowest BCUT2D eigenvalue weighted by molar-refractivity contribution is 0.0942. The fraction of sp³-hybridized carbons (Fsp3) is 0.321. The van der Waals surface area contributed by atoms with Crippen LogP contribution in [0, 0.1) is 24.4 Å². The number of ether oxygens (including phenoxy) is 1. The minimum Gasteiger partial charge on any atom is -0.362 e. The first kappa shape index (κ1) is 23.6. The lowest BCUT2D eigenvalue weighted by Crippen LogP contribution is -2.22. The van der Waals surface area contributed by atoms with Gasteiger partial charge >= 0.3 is 0 Å². The van der Waals surface area contributed by atoms with Gasteiger partial charge < -0.3 is 4.74 Å². The molecule has 0 radical (unpaired) electrons. The van der Waals surface area contributed by atoms with E-state index < -0.39 is 11.6 Å². The van der Waals surface area contributed by atoms with E-state index in [-0.39, 0.29) is 23.3 Å². The van der Waals surface area contributed by atoms with Gasteiger partial charge in [0.1, 0.15) is 17.5 Å². The van der Waals surface area contributed by atoms with Gasteiger partial charge in [0.2, 0.25) is 0 Å². The third kappa shape index (κ3) is 4.34. The van der Waals surface area contributed by atoms with E-state index >= 15 is 0 Å². The Balaban J connectivity index is 1.38. The zero-order valence-electron chi connectivity index (χ0n) is 20.0. The first-order valence-electron chi connectivity index (χ1n) is 11.9. The normalized spacial score (nSPS) is 15.3. The number of fused-ring (bicyclic) bond motifs is 2. The van der Waals surface area contributed by atoms with Crippen LogP contribution in [-0.2, 0) is 17.8 Å². The largest absolute Gasteiger partial charge is 0.362 e. The summed E-state index contributed by atoms with van der Waals surface area (Å²) in [7, 11) is 0. The third-order valence-electron chi connectivity index (χ3n) is 6.73. The maximum Gasteiger partial charge on any atom is 0.134 e. The average Bonchev–Trinajstić information content (AvgIpc) is 3.36. The quantitative estimate of drug-likeness (QED) is 0.240. The molecule has 7 heteroatoms. The van der Waals surface area contributed by atoms with Crippen LogP contribution < -0.4 is 5.32 Å². The number of hydrogen-bond donors (Lipinski definition) is 1. The molecule has 0 spiro atoms. The Bertz CT molecular complexity index is 1380. The van der Waals surface area contributed by atoms with Crippen LogP contribution in [0.25, 0.3) is 16.6 Å². The van der Waals surface area contributed by atoms with Gasteiger partial charge in [-0.3, -0.25) is 5.32 Å². The molecule has 2 heterocycles. The highest BCUT2D eigenvalue weighted by Crippen LogP contribution is 2.35. The summed E-state index contributed by atoms with van der Waals surface area (Å²) in [6, 6.07) is 12.7. The van der Waals surface area contributed by atoms with Gasteiger partial charge in [0.05, 0.1) is 35.8 Å². The van der Waals surface area contributed by atoms with Gasteiger partial charge in [-0.05, 0) is 72.7 Å². The maximum atomic E-state index is 14.6. The molecule has 1 aliphatic carbocycles. The number of nitrogens with zero attached hydrogens (tertiary/aromatic N) is 2. The van der Waals surface area contributed by atoms with Crippen molar-refractivity contribution in [3.8, 4) is 11.1 Å². The average molecular weight is 480 g/mol. The number of aryl methyl sites for hydroxylation is 2. The van der Waals surface area contributed by atoms with Gasteiger partial charge in [-0.1, -0.05) is 32.0 Å². The Hall–Kier alpha value is -3.16. The Kier molecular flexibility index (Phi) is 6.38. The van der Waals surface area contributed by atoms with Crippen molar-refractivity contribution >= 4 is 5.52 Å². The fourth-order valence-electron chi connectivity index (χ4n) is 5.17. The van der Waals surface area contributed by atoms with E-state index in [9.17, 15) is 13.2 Å². The van der Waals surface area contributed by atoms with Crippen LogP contribution in [0.5, 0.6) is 0 Å². The van der Waals surface area contributed by atoms with Crippen molar-refractivity contribution in [2.24, 2.45) is 0 Å². The lowest BCUT2D eigenvalue weighted by Gasteiger charge is -2.17. The number of nitrogens with one attached hydrogen (secondary N) is 1. The molecule has 0 bridgehead atoms. The topological polar surface area (TPSA) is 38.6 Å². The van der Waals surface area contributed by atoms with Gasteiger partial charge in [0.15, 0.2) is 0 Å².